The molecule has 2 aromatic rings. The van der Waals surface area contributed by atoms with Crippen LogP contribution in [0.4, 0.5) is 8.78 Å². The van der Waals surface area contributed by atoms with Crippen LogP contribution in [-0.4, -0.2) is 37.0 Å². The van der Waals surface area contributed by atoms with Gasteiger partial charge in [0, 0.05) is 43.3 Å². The van der Waals surface area contributed by atoms with Crippen LogP contribution < -0.4 is 10.6 Å². The van der Waals surface area contributed by atoms with Crippen molar-refractivity contribution in [3.8, 4) is 0 Å². The number of hydrogen-bond donors (Lipinski definition) is 2. The van der Waals surface area contributed by atoms with Gasteiger partial charge in [-0.1, -0.05) is 29.8 Å². The smallest absolute Gasteiger partial charge is 0.234 e. The second-order valence-electron chi connectivity index (χ2n) is 6.27. The van der Waals surface area contributed by atoms with Crippen LogP contribution in [0.25, 0.3) is 0 Å². The minimum atomic E-state index is -0.657. The molecule has 1 aliphatic rings. The van der Waals surface area contributed by atoms with Gasteiger partial charge < -0.3 is 10.6 Å². The third-order valence-corrected chi connectivity index (χ3v) is 4.72. The highest BCUT2D eigenvalue weighted by molar-refractivity contribution is 6.31. The van der Waals surface area contributed by atoms with Crippen LogP contribution in [0.15, 0.2) is 42.5 Å². The third kappa shape index (κ3) is 4.78. The van der Waals surface area contributed by atoms with E-state index in [2.05, 4.69) is 15.5 Å². The molecule has 1 atom stereocenters. The lowest BCUT2D eigenvalue weighted by molar-refractivity contribution is -0.123. The lowest BCUT2D eigenvalue weighted by Gasteiger charge is -2.36. The van der Waals surface area contributed by atoms with Gasteiger partial charge in [-0.25, -0.2) is 8.78 Å². The van der Waals surface area contributed by atoms with Gasteiger partial charge in [-0.05, 0) is 29.3 Å². The number of rotatable bonds is 5. The van der Waals surface area contributed by atoms with E-state index in [0.717, 1.165) is 18.2 Å². The van der Waals surface area contributed by atoms with Crippen molar-refractivity contribution in [1.82, 2.24) is 15.5 Å². The minimum absolute atomic E-state index is 0.00480. The SMILES string of the molecule is O=C(CN1CCNCC1c1ccccc1Cl)NCc1cc(F)cc(F)c1. The molecule has 0 radical (unpaired) electrons. The van der Waals surface area contributed by atoms with Crippen molar-refractivity contribution in [2.75, 3.05) is 26.2 Å². The minimum Gasteiger partial charge on any atom is -0.351 e. The van der Waals surface area contributed by atoms with Gasteiger partial charge in [-0.15, -0.1) is 0 Å². The summed E-state index contributed by atoms with van der Waals surface area (Å²) in [6, 6.07) is 10.8. The largest absolute Gasteiger partial charge is 0.351 e. The number of amides is 1. The molecule has 0 spiro atoms. The molecule has 1 aliphatic heterocycles. The van der Waals surface area contributed by atoms with Gasteiger partial charge in [-0.3, -0.25) is 9.69 Å². The number of carbonyl (C=O) groups is 1. The van der Waals surface area contributed by atoms with E-state index in [1.165, 1.54) is 12.1 Å². The predicted octanol–water partition coefficient (Wildman–Crippen LogP) is 2.88. The Morgan fingerprint density at radius 3 is 2.69 bits per heavy atom. The molecule has 1 unspecified atom stereocenters. The number of nitrogens with one attached hydrogen (secondary N) is 2. The van der Waals surface area contributed by atoms with Gasteiger partial charge >= 0.3 is 0 Å². The standard InChI is InChI=1S/C19H20ClF2N3O/c20-17-4-2-1-3-16(17)18-11-23-5-6-25(18)12-19(26)24-10-13-7-14(21)9-15(22)8-13/h1-4,7-9,18,23H,5-6,10-12H2,(H,24,26). The lowest BCUT2D eigenvalue weighted by atomic mass is 10.0. The molecule has 0 aliphatic carbocycles. The normalized spacial score (nSPS) is 17.9. The molecule has 3 rings (SSSR count). The molecule has 0 saturated carbocycles. The second-order valence-corrected chi connectivity index (χ2v) is 6.67. The summed E-state index contributed by atoms with van der Waals surface area (Å²) in [7, 11) is 0. The number of benzene rings is 2. The molecule has 4 nitrogen and oxygen atoms in total. The first-order valence-electron chi connectivity index (χ1n) is 8.44. The maximum absolute atomic E-state index is 13.2. The second kappa shape index (κ2) is 8.58. The van der Waals surface area contributed by atoms with Gasteiger partial charge in [0.05, 0.1) is 6.54 Å². The van der Waals surface area contributed by atoms with E-state index in [-0.39, 0.29) is 25.0 Å². The van der Waals surface area contributed by atoms with Crippen molar-refractivity contribution in [1.29, 1.82) is 0 Å². The van der Waals surface area contributed by atoms with Gasteiger partial charge in [0.15, 0.2) is 0 Å². The summed E-state index contributed by atoms with van der Waals surface area (Å²) in [5.41, 5.74) is 1.36. The summed E-state index contributed by atoms with van der Waals surface area (Å²) in [6.45, 7) is 2.46. The molecule has 0 aromatic heterocycles. The number of piperazine rings is 1. The number of hydrogen-bond acceptors (Lipinski definition) is 3. The summed E-state index contributed by atoms with van der Waals surface area (Å²) < 4.78 is 26.4. The molecular weight excluding hydrogens is 360 g/mol. The fourth-order valence-electron chi connectivity index (χ4n) is 3.14. The highest BCUT2D eigenvalue weighted by atomic mass is 35.5. The third-order valence-electron chi connectivity index (χ3n) is 4.38. The first kappa shape index (κ1) is 18.8. The van der Waals surface area contributed by atoms with E-state index in [4.69, 9.17) is 11.6 Å². The average molecular weight is 380 g/mol. The van der Waals surface area contributed by atoms with Crippen LogP contribution in [0, 0.1) is 11.6 Å². The van der Waals surface area contributed by atoms with E-state index in [1.54, 1.807) is 0 Å². The monoisotopic (exact) mass is 379 g/mol. The molecule has 138 valence electrons. The van der Waals surface area contributed by atoms with E-state index in [1.807, 2.05) is 24.3 Å². The first-order chi connectivity index (χ1) is 12.5. The van der Waals surface area contributed by atoms with Crippen molar-refractivity contribution in [3.63, 3.8) is 0 Å². The van der Waals surface area contributed by atoms with Crippen LogP contribution in [-0.2, 0) is 11.3 Å². The molecular formula is C19H20ClF2N3O. The van der Waals surface area contributed by atoms with Gasteiger partial charge in [0.25, 0.3) is 0 Å². The van der Waals surface area contributed by atoms with Crippen LogP contribution in [0.3, 0.4) is 0 Å². The van der Waals surface area contributed by atoms with E-state index < -0.39 is 11.6 Å². The number of carbonyl (C=O) groups excluding carboxylic acids is 1. The zero-order chi connectivity index (χ0) is 18.5. The highest BCUT2D eigenvalue weighted by Gasteiger charge is 2.26. The summed E-state index contributed by atoms with van der Waals surface area (Å²) >= 11 is 6.30. The Morgan fingerprint density at radius 1 is 1.23 bits per heavy atom. The van der Waals surface area contributed by atoms with Crippen LogP contribution in [0.5, 0.6) is 0 Å². The molecule has 2 N–H and O–H groups in total. The fraction of sp³-hybridized carbons (Fsp3) is 0.316. The lowest BCUT2D eigenvalue weighted by Crippen LogP contribution is -2.49. The van der Waals surface area contributed by atoms with Gasteiger partial charge in [-0.2, -0.15) is 0 Å². The van der Waals surface area contributed by atoms with Crippen LogP contribution in [0.1, 0.15) is 17.2 Å². The molecule has 2 aromatic carbocycles. The van der Waals surface area contributed by atoms with Crippen LogP contribution in [0.2, 0.25) is 5.02 Å². The maximum atomic E-state index is 13.2. The quantitative estimate of drug-likeness (QED) is 0.839. The van der Waals surface area contributed by atoms with Crippen molar-refractivity contribution < 1.29 is 13.6 Å². The van der Waals surface area contributed by atoms with Crippen LogP contribution >= 0.6 is 11.6 Å². The Hall–Kier alpha value is -2.02. The Bertz CT molecular complexity index is 767. The predicted molar refractivity (Wildman–Crippen MR) is 96.8 cm³/mol. The Kier molecular flexibility index (Phi) is 6.19. The summed E-state index contributed by atoms with van der Waals surface area (Å²) in [4.78, 5) is 14.4. The van der Waals surface area contributed by atoms with Gasteiger partial charge in [0.1, 0.15) is 11.6 Å². The van der Waals surface area contributed by atoms with Gasteiger partial charge in [0.2, 0.25) is 5.91 Å². The Morgan fingerprint density at radius 2 is 1.96 bits per heavy atom. The van der Waals surface area contributed by atoms with Crippen molar-refractivity contribution in [3.05, 3.63) is 70.2 Å². The van der Waals surface area contributed by atoms with E-state index in [9.17, 15) is 13.6 Å². The zero-order valence-electron chi connectivity index (χ0n) is 14.1. The van der Waals surface area contributed by atoms with Crippen molar-refractivity contribution in [2.24, 2.45) is 0 Å². The van der Waals surface area contributed by atoms with E-state index in [0.29, 0.717) is 23.7 Å². The topological polar surface area (TPSA) is 44.4 Å². The maximum Gasteiger partial charge on any atom is 0.234 e. The number of nitrogens with zero attached hydrogens (tertiary/aromatic N) is 1. The Balaban J connectivity index is 1.62. The summed E-state index contributed by atoms with van der Waals surface area (Å²) in [5.74, 6) is -1.51. The fourth-order valence-corrected chi connectivity index (χ4v) is 3.40. The molecule has 1 fully saturated rings. The first-order valence-corrected chi connectivity index (χ1v) is 8.81. The molecule has 1 saturated heterocycles. The molecule has 1 amide bonds. The molecule has 7 heteroatoms. The highest BCUT2D eigenvalue weighted by Crippen LogP contribution is 2.28. The molecule has 0 bridgehead atoms. The molecule has 26 heavy (non-hydrogen) atoms. The van der Waals surface area contributed by atoms with Crippen molar-refractivity contribution in [2.45, 2.75) is 12.6 Å². The summed E-state index contributed by atoms with van der Waals surface area (Å²) in [6.07, 6.45) is 0. The zero-order valence-corrected chi connectivity index (χ0v) is 14.9. The molecule has 1 heterocycles. The van der Waals surface area contributed by atoms with E-state index >= 15 is 0 Å². The summed E-state index contributed by atoms with van der Waals surface area (Å²) in [5, 5.41) is 6.71. The van der Waals surface area contributed by atoms with Crippen molar-refractivity contribution >= 4 is 17.5 Å². The Labute approximate surface area is 156 Å². The average Bonchev–Trinajstić information content (AvgIpc) is 2.60. The number of halogens is 3.